The maximum atomic E-state index is 10.9. The Morgan fingerprint density at radius 3 is 3.00 bits per heavy atom. The van der Waals surface area contributed by atoms with Gasteiger partial charge in [0, 0.05) is 5.38 Å². The second kappa shape index (κ2) is 4.47. The number of aromatic carboxylic acids is 1. The Morgan fingerprint density at radius 2 is 2.32 bits per heavy atom. The van der Waals surface area contributed by atoms with Crippen molar-refractivity contribution in [2.24, 2.45) is 0 Å². The quantitative estimate of drug-likeness (QED) is 0.796. The van der Waals surface area contributed by atoms with Crippen LogP contribution in [0.2, 0.25) is 0 Å². The molecule has 0 radical (unpaired) electrons. The summed E-state index contributed by atoms with van der Waals surface area (Å²) in [4.78, 5) is 19.6. The summed E-state index contributed by atoms with van der Waals surface area (Å²) in [7, 11) is 0. The molecule has 1 N–H and O–H groups in total. The zero-order chi connectivity index (χ0) is 13.4. The van der Waals surface area contributed by atoms with Crippen molar-refractivity contribution in [3.63, 3.8) is 0 Å². The standard InChI is InChI=1S/C13H11N3O2S/c1-8-15-10(6-19-8)5-16-7-14-11-4-9(13(17)18)2-3-12(11)16/h2-4,6-7H,5H2,1H3,(H,17,18). The van der Waals surface area contributed by atoms with E-state index in [1.165, 1.54) is 0 Å². The first kappa shape index (κ1) is 11.9. The first-order chi connectivity index (χ1) is 9.13. The summed E-state index contributed by atoms with van der Waals surface area (Å²) in [5.41, 5.74) is 2.84. The second-order valence-corrected chi connectivity index (χ2v) is 5.30. The van der Waals surface area contributed by atoms with Crippen LogP contribution >= 0.6 is 11.3 Å². The SMILES string of the molecule is Cc1nc(Cn2cnc3cc(C(=O)O)ccc32)cs1. The molecule has 0 saturated carbocycles. The lowest BCUT2D eigenvalue weighted by Gasteiger charge is -2.01. The van der Waals surface area contributed by atoms with Crippen molar-refractivity contribution in [3.8, 4) is 0 Å². The van der Waals surface area contributed by atoms with E-state index in [1.807, 2.05) is 16.9 Å². The molecule has 0 aliphatic rings. The van der Waals surface area contributed by atoms with Crippen LogP contribution in [0.15, 0.2) is 29.9 Å². The van der Waals surface area contributed by atoms with Gasteiger partial charge in [0.25, 0.3) is 0 Å². The largest absolute Gasteiger partial charge is 0.478 e. The maximum Gasteiger partial charge on any atom is 0.335 e. The number of hydrogen-bond donors (Lipinski definition) is 1. The maximum absolute atomic E-state index is 10.9. The van der Waals surface area contributed by atoms with Crippen LogP contribution in [0.4, 0.5) is 0 Å². The Labute approximate surface area is 113 Å². The lowest BCUT2D eigenvalue weighted by molar-refractivity contribution is 0.0697. The number of imidazole rings is 1. The Hall–Kier alpha value is -2.21. The molecule has 0 atom stereocenters. The van der Waals surface area contributed by atoms with Crippen molar-refractivity contribution in [2.75, 3.05) is 0 Å². The van der Waals surface area contributed by atoms with Crippen molar-refractivity contribution < 1.29 is 9.90 Å². The molecule has 0 bridgehead atoms. The van der Waals surface area contributed by atoms with Gasteiger partial charge in [-0.3, -0.25) is 0 Å². The summed E-state index contributed by atoms with van der Waals surface area (Å²) in [6.45, 7) is 2.62. The number of hydrogen-bond acceptors (Lipinski definition) is 4. The van der Waals surface area contributed by atoms with Gasteiger partial charge in [-0.15, -0.1) is 11.3 Å². The number of aryl methyl sites for hydroxylation is 1. The Kier molecular flexibility index (Phi) is 2.79. The Balaban J connectivity index is 1.99. The topological polar surface area (TPSA) is 68.0 Å². The normalized spacial score (nSPS) is 11.0. The average Bonchev–Trinajstić information content (AvgIpc) is 2.96. The van der Waals surface area contributed by atoms with Gasteiger partial charge in [0.2, 0.25) is 0 Å². The molecule has 3 rings (SSSR count). The minimum absolute atomic E-state index is 0.252. The van der Waals surface area contributed by atoms with Gasteiger partial charge in [0.05, 0.1) is 40.2 Å². The smallest absolute Gasteiger partial charge is 0.335 e. The van der Waals surface area contributed by atoms with Crippen molar-refractivity contribution >= 4 is 28.3 Å². The van der Waals surface area contributed by atoms with Gasteiger partial charge >= 0.3 is 5.97 Å². The third kappa shape index (κ3) is 2.22. The van der Waals surface area contributed by atoms with E-state index < -0.39 is 5.97 Å². The number of carboxylic acid groups (broad SMARTS) is 1. The highest BCUT2D eigenvalue weighted by Gasteiger charge is 2.08. The molecule has 0 amide bonds. The fourth-order valence-corrected chi connectivity index (χ4v) is 2.58. The van der Waals surface area contributed by atoms with E-state index in [-0.39, 0.29) is 5.56 Å². The molecule has 6 heteroatoms. The molecule has 1 aromatic carbocycles. The molecule has 0 unspecified atom stereocenters. The predicted octanol–water partition coefficient (Wildman–Crippen LogP) is 2.55. The lowest BCUT2D eigenvalue weighted by atomic mass is 10.2. The van der Waals surface area contributed by atoms with Crippen molar-refractivity contribution in [1.82, 2.24) is 14.5 Å². The lowest BCUT2D eigenvalue weighted by Crippen LogP contribution is -1.99. The van der Waals surface area contributed by atoms with Gasteiger partial charge in [-0.05, 0) is 25.1 Å². The van der Waals surface area contributed by atoms with E-state index in [0.717, 1.165) is 16.2 Å². The number of rotatable bonds is 3. The number of fused-ring (bicyclic) bond motifs is 1. The van der Waals surface area contributed by atoms with Crippen LogP contribution in [0, 0.1) is 6.92 Å². The average molecular weight is 273 g/mol. The number of carboxylic acids is 1. The van der Waals surface area contributed by atoms with Crippen LogP contribution in [0.5, 0.6) is 0 Å². The molecule has 5 nitrogen and oxygen atoms in total. The van der Waals surface area contributed by atoms with E-state index in [2.05, 4.69) is 9.97 Å². The molecule has 0 aliphatic carbocycles. The van der Waals surface area contributed by atoms with Crippen molar-refractivity contribution in [1.29, 1.82) is 0 Å². The van der Waals surface area contributed by atoms with Crippen LogP contribution in [0.25, 0.3) is 11.0 Å². The summed E-state index contributed by atoms with van der Waals surface area (Å²) in [5, 5.41) is 12.0. The first-order valence-electron chi connectivity index (χ1n) is 5.72. The molecule has 3 aromatic rings. The molecule has 0 spiro atoms. The van der Waals surface area contributed by atoms with Crippen LogP contribution < -0.4 is 0 Å². The fourth-order valence-electron chi connectivity index (χ4n) is 1.98. The number of aromatic nitrogens is 3. The highest BCUT2D eigenvalue weighted by atomic mass is 32.1. The molecule has 96 valence electrons. The van der Waals surface area contributed by atoms with Gasteiger partial charge in [0.1, 0.15) is 0 Å². The van der Waals surface area contributed by atoms with Crippen molar-refractivity contribution in [3.05, 3.63) is 46.2 Å². The van der Waals surface area contributed by atoms with E-state index in [0.29, 0.717) is 12.1 Å². The molecule has 19 heavy (non-hydrogen) atoms. The summed E-state index contributed by atoms with van der Waals surface area (Å²) >= 11 is 1.62. The molecular formula is C13H11N3O2S. The minimum atomic E-state index is -0.938. The summed E-state index contributed by atoms with van der Waals surface area (Å²) in [6.07, 6.45) is 1.71. The number of carbonyl (C=O) groups is 1. The second-order valence-electron chi connectivity index (χ2n) is 4.24. The zero-order valence-electron chi connectivity index (χ0n) is 10.2. The monoisotopic (exact) mass is 273 g/mol. The third-order valence-electron chi connectivity index (χ3n) is 2.87. The molecule has 2 aromatic heterocycles. The summed E-state index contributed by atoms with van der Waals surface area (Å²) in [6, 6.07) is 4.96. The van der Waals surface area contributed by atoms with Crippen LogP contribution in [0.3, 0.4) is 0 Å². The van der Waals surface area contributed by atoms with Gasteiger partial charge in [-0.1, -0.05) is 0 Å². The number of nitrogens with zero attached hydrogens (tertiary/aromatic N) is 3. The minimum Gasteiger partial charge on any atom is -0.478 e. The van der Waals surface area contributed by atoms with Gasteiger partial charge in [0.15, 0.2) is 0 Å². The third-order valence-corrected chi connectivity index (χ3v) is 3.69. The van der Waals surface area contributed by atoms with E-state index in [1.54, 1.807) is 35.9 Å². The summed E-state index contributed by atoms with van der Waals surface area (Å²) < 4.78 is 1.97. The Bertz CT molecular complexity index is 760. The van der Waals surface area contributed by atoms with Gasteiger partial charge < -0.3 is 9.67 Å². The molecule has 0 fully saturated rings. The number of thiazole rings is 1. The highest BCUT2D eigenvalue weighted by molar-refractivity contribution is 7.09. The first-order valence-corrected chi connectivity index (χ1v) is 6.60. The van der Waals surface area contributed by atoms with Crippen LogP contribution in [0.1, 0.15) is 21.1 Å². The molecule has 2 heterocycles. The van der Waals surface area contributed by atoms with Crippen LogP contribution in [-0.2, 0) is 6.54 Å². The zero-order valence-corrected chi connectivity index (χ0v) is 11.0. The molecule has 0 aliphatic heterocycles. The van der Waals surface area contributed by atoms with Crippen molar-refractivity contribution in [2.45, 2.75) is 13.5 Å². The van der Waals surface area contributed by atoms with Gasteiger partial charge in [-0.25, -0.2) is 14.8 Å². The predicted molar refractivity (Wildman–Crippen MR) is 72.6 cm³/mol. The fraction of sp³-hybridized carbons (Fsp3) is 0.154. The molecule has 0 saturated heterocycles. The van der Waals surface area contributed by atoms with Gasteiger partial charge in [-0.2, -0.15) is 0 Å². The van der Waals surface area contributed by atoms with E-state index >= 15 is 0 Å². The van der Waals surface area contributed by atoms with Crippen LogP contribution in [-0.4, -0.2) is 25.6 Å². The highest BCUT2D eigenvalue weighted by Crippen LogP contribution is 2.17. The summed E-state index contributed by atoms with van der Waals surface area (Å²) in [5.74, 6) is -0.938. The molecular weight excluding hydrogens is 262 g/mol. The van der Waals surface area contributed by atoms with E-state index in [4.69, 9.17) is 5.11 Å². The Morgan fingerprint density at radius 1 is 1.47 bits per heavy atom. The number of benzene rings is 1. The van der Waals surface area contributed by atoms with E-state index in [9.17, 15) is 4.79 Å².